The van der Waals surface area contributed by atoms with Gasteiger partial charge in [0.25, 0.3) is 0 Å². The molecule has 1 saturated carbocycles. The van der Waals surface area contributed by atoms with Crippen molar-refractivity contribution < 1.29 is 9.59 Å². The molecule has 2 rings (SSSR count). The maximum absolute atomic E-state index is 12.1. The van der Waals surface area contributed by atoms with Crippen LogP contribution in [0.3, 0.4) is 0 Å². The molecule has 0 atom stereocenters. The van der Waals surface area contributed by atoms with Gasteiger partial charge < -0.3 is 11.1 Å². The van der Waals surface area contributed by atoms with E-state index in [1.54, 1.807) is 0 Å². The standard InChI is InChI=1S/C18H26N2O2.ClH/c1-2-14-5-7-15(8-6-14)16(21)9-10-17(22)20-18(13-19)11-3-4-12-18;/h5-8H,2-4,9-13,19H2,1H3,(H,20,22);1H. The summed E-state index contributed by atoms with van der Waals surface area (Å²) in [6.45, 7) is 2.56. The van der Waals surface area contributed by atoms with Crippen molar-refractivity contribution in [2.24, 2.45) is 5.73 Å². The fourth-order valence-corrected chi connectivity index (χ4v) is 3.09. The fourth-order valence-electron chi connectivity index (χ4n) is 3.09. The Hall–Kier alpha value is -1.39. The Bertz CT molecular complexity index is 522. The molecule has 128 valence electrons. The number of nitrogens with two attached hydrogens (primary N) is 1. The third-order valence-corrected chi connectivity index (χ3v) is 4.62. The van der Waals surface area contributed by atoms with Crippen LogP contribution in [-0.2, 0) is 11.2 Å². The highest BCUT2D eigenvalue weighted by atomic mass is 35.5. The highest BCUT2D eigenvalue weighted by Crippen LogP contribution is 2.28. The normalized spacial score (nSPS) is 15.7. The Balaban J connectivity index is 0.00000264. The largest absolute Gasteiger partial charge is 0.349 e. The van der Waals surface area contributed by atoms with Crippen LogP contribution >= 0.6 is 12.4 Å². The molecule has 1 aliphatic carbocycles. The molecular weight excluding hydrogens is 312 g/mol. The first kappa shape index (κ1) is 19.7. The molecule has 1 amide bonds. The molecule has 0 unspecified atom stereocenters. The quantitative estimate of drug-likeness (QED) is 0.750. The van der Waals surface area contributed by atoms with E-state index in [0.717, 1.165) is 32.1 Å². The average Bonchev–Trinajstić information content (AvgIpc) is 3.01. The molecule has 0 bridgehead atoms. The third-order valence-electron chi connectivity index (χ3n) is 4.62. The summed E-state index contributed by atoms with van der Waals surface area (Å²) in [5.74, 6) is -0.0445. The molecule has 0 radical (unpaired) electrons. The number of nitrogens with one attached hydrogen (secondary N) is 1. The van der Waals surface area contributed by atoms with Gasteiger partial charge in [-0.15, -0.1) is 12.4 Å². The van der Waals surface area contributed by atoms with Crippen LogP contribution in [-0.4, -0.2) is 23.8 Å². The number of halogens is 1. The van der Waals surface area contributed by atoms with Gasteiger partial charge in [0.15, 0.2) is 5.78 Å². The van der Waals surface area contributed by atoms with Crippen LogP contribution in [0.5, 0.6) is 0 Å². The zero-order valence-corrected chi connectivity index (χ0v) is 14.6. The third kappa shape index (κ3) is 5.33. The second kappa shape index (κ2) is 9.04. The second-order valence-electron chi connectivity index (χ2n) is 6.21. The van der Waals surface area contributed by atoms with E-state index in [1.165, 1.54) is 5.56 Å². The maximum Gasteiger partial charge on any atom is 0.220 e. The highest BCUT2D eigenvalue weighted by Gasteiger charge is 2.33. The van der Waals surface area contributed by atoms with Crippen molar-refractivity contribution in [1.29, 1.82) is 0 Å². The molecule has 1 aromatic carbocycles. The molecule has 0 spiro atoms. The Morgan fingerprint density at radius 3 is 2.26 bits per heavy atom. The lowest BCUT2D eigenvalue weighted by Gasteiger charge is -2.28. The van der Waals surface area contributed by atoms with Gasteiger partial charge in [-0.25, -0.2) is 0 Å². The molecule has 4 nitrogen and oxygen atoms in total. The zero-order valence-electron chi connectivity index (χ0n) is 13.8. The van der Waals surface area contributed by atoms with Gasteiger partial charge >= 0.3 is 0 Å². The van der Waals surface area contributed by atoms with Crippen LogP contribution in [0, 0.1) is 0 Å². The first-order chi connectivity index (χ1) is 10.6. The minimum Gasteiger partial charge on any atom is -0.349 e. The van der Waals surface area contributed by atoms with E-state index in [-0.39, 0.29) is 42.5 Å². The van der Waals surface area contributed by atoms with Gasteiger partial charge in [-0.1, -0.05) is 44.0 Å². The Labute approximate surface area is 144 Å². The predicted molar refractivity (Wildman–Crippen MR) is 95.0 cm³/mol. The van der Waals surface area contributed by atoms with Crippen LogP contribution < -0.4 is 11.1 Å². The monoisotopic (exact) mass is 338 g/mol. The maximum atomic E-state index is 12.1. The van der Waals surface area contributed by atoms with E-state index in [4.69, 9.17) is 5.73 Å². The van der Waals surface area contributed by atoms with Gasteiger partial charge in [-0.2, -0.15) is 0 Å². The molecule has 1 aromatic rings. The number of hydrogen-bond acceptors (Lipinski definition) is 3. The number of ketones is 1. The number of Topliss-reactive ketones (excluding diaryl/α,β-unsaturated/α-hetero) is 1. The highest BCUT2D eigenvalue weighted by molar-refractivity contribution is 5.98. The smallest absolute Gasteiger partial charge is 0.220 e. The number of rotatable bonds is 7. The Morgan fingerprint density at radius 1 is 1.13 bits per heavy atom. The molecular formula is C18H27ClN2O2. The molecule has 1 aliphatic rings. The van der Waals surface area contributed by atoms with Crippen LogP contribution in [0.15, 0.2) is 24.3 Å². The van der Waals surface area contributed by atoms with Crippen LogP contribution in [0.2, 0.25) is 0 Å². The first-order valence-electron chi connectivity index (χ1n) is 8.22. The van der Waals surface area contributed by atoms with Gasteiger partial charge in [-0.3, -0.25) is 9.59 Å². The van der Waals surface area contributed by atoms with E-state index >= 15 is 0 Å². The van der Waals surface area contributed by atoms with Crippen molar-refractivity contribution >= 4 is 24.1 Å². The van der Waals surface area contributed by atoms with Crippen LogP contribution in [0.1, 0.15) is 61.4 Å². The predicted octanol–water partition coefficient (Wildman–Crippen LogP) is 3.02. The van der Waals surface area contributed by atoms with Crippen molar-refractivity contribution in [3.63, 3.8) is 0 Å². The summed E-state index contributed by atoms with van der Waals surface area (Å²) in [7, 11) is 0. The summed E-state index contributed by atoms with van der Waals surface area (Å²) >= 11 is 0. The van der Waals surface area contributed by atoms with Gasteiger partial charge in [-0.05, 0) is 24.8 Å². The summed E-state index contributed by atoms with van der Waals surface area (Å²) in [5.41, 5.74) is 7.47. The molecule has 0 saturated heterocycles. The number of benzene rings is 1. The van der Waals surface area contributed by atoms with Gasteiger partial charge in [0.1, 0.15) is 0 Å². The zero-order chi connectivity index (χ0) is 16.0. The van der Waals surface area contributed by atoms with E-state index < -0.39 is 0 Å². The van der Waals surface area contributed by atoms with Crippen LogP contribution in [0.25, 0.3) is 0 Å². The molecule has 0 heterocycles. The summed E-state index contributed by atoms with van der Waals surface area (Å²) in [4.78, 5) is 24.2. The van der Waals surface area contributed by atoms with E-state index in [2.05, 4.69) is 12.2 Å². The van der Waals surface area contributed by atoms with E-state index in [0.29, 0.717) is 12.1 Å². The van der Waals surface area contributed by atoms with Crippen molar-refractivity contribution in [2.75, 3.05) is 6.54 Å². The molecule has 1 fully saturated rings. The van der Waals surface area contributed by atoms with Gasteiger partial charge in [0, 0.05) is 24.9 Å². The minimum absolute atomic E-state index is 0. The fraction of sp³-hybridized carbons (Fsp3) is 0.556. The molecule has 0 aromatic heterocycles. The Morgan fingerprint density at radius 2 is 1.74 bits per heavy atom. The summed E-state index contributed by atoms with van der Waals surface area (Å²) in [6, 6.07) is 7.62. The lowest BCUT2D eigenvalue weighted by Crippen LogP contribution is -2.51. The van der Waals surface area contributed by atoms with Gasteiger partial charge in [0.05, 0.1) is 5.54 Å². The van der Waals surface area contributed by atoms with Crippen molar-refractivity contribution in [2.45, 2.75) is 57.4 Å². The van der Waals surface area contributed by atoms with Crippen molar-refractivity contribution in [3.8, 4) is 0 Å². The Kier molecular flexibility index (Phi) is 7.73. The summed E-state index contributed by atoms with van der Waals surface area (Å²) in [5, 5.41) is 3.05. The second-order valence-corrected chi connectivity index (χ2v) is 6.21. The molecule has 3 N–H and O–H groups in total. The number of carbonyl (C=O) groups is 2. The van der Waals surface area contributed by atoms with Crippen molar-refractivity contribution in [1.82, 2.24) is 5.32 Å². The average molecular weight is 339 g/mol. The lowest BCUT2D eigenvalue weighted by molar-refractivity contribution is -0.122. The summed E-state index contributed by atoms with van der Waals surface area (Å²) < 4.78 is 0. The van der Waals surface area contributed by atoms with E-state index in [9.17, 15) is 9.59 Å². The minimum atomic E-state index is -0.233. The lowest BCUT2D eigenvalue weighted by atomic mass is 9.97. The van der Waals surface area contributed by atoms with Crippen LogP contribution in [0.4, 0.5) is 0 Å². The topological polar surface area (TPSA) is 72.2 Å². The molecule has 0 aliphatic heterocycles. The van der Waals surface area contributed by atoms with E-state index in [1.807, 2.05) is 24.3 Å². The number of carbonyl (C=O) groups excluding carboxylic acids is 2. The van der Waals surface area contributed by atoms with Crippen molar-refractivity contribution in [3.05, 3.63) is 35.4 Å². The molecule has 23 heavy (non-hydrogen) atoms. The number of hydrogen-bond donors (Lipinski definition) is 2. The number of aryl methyl sites for hydroxylation is 1. The first-order valence-corrected chi connectivity index (χ1v) is 8.22. The molecule has 5 heteroatoms. The van der Waals surface area contributed by atoms with Gasteiger partial charge in [0.2, 0.25) is 5.91 Å². The number of amides is 1. The summed E-state index contributed by atoms with van der Waals surface area (Å²) in [6.07, 6.45) is 5.55. The SMILES string of the molecule is CCc1ccc(C(=O)CCC(=O)NC2(CN)CCCC2)cc1.Cl.